The molecule has 5 heteroatoms. The number of halogens is 2. The summed E-state index contributed by atoms with van der Waals surface area (Å²) in [5.74, 6) is 0.148. The molecule has 0 fully saturated rings. The van der Waals surface area contributed by atoms with Crippen molar-refractivity contribution in [1.82, 2.24) is 5.32 Å². The van der Waals surface area contributed by atoms with Crippen LogP contribution < -0.4 is 15.8 Å². The summed E-state index contributed by atoms with van der Waals surface area (Å²) < 4.78 is 28.9. The molecule has 1 aromatic carbocycles. The molecular weight excluding hydrogens is 226 g/mol. The number of rotatable bonds is 7. The number of nitrogens with one attached hydrogen (secondary N) is 1. The summed E-state index contributed by atoms with van der Waals surface area (Å²) in [5, 5.41) is 3.08. The predicted octanol–water partition coefficient (Wildman–Crippen LogP) is 2.06. The van der Waals surface area contributed by atoms with Crippen molar-refractivity contribution in [2.75, 3.05) is 13.1 Å². The van der Waals surface area contributed by atoms with Gasteiger partial charge < -0.3 is 15.8 Å². The highest BCUT2D eigenvalue weighted by Gasteiger charge is 2.15. The van der Waals surface area contributed by atoms with Gasteiger partial charge in [0.05, 0.1) is 0 Å². The summed E-state index contributed by atoms with van der Waals surface area (Å²) in [6.07, 6.45) is 1.68. The van der Waals surface area contributed by atoms with Crippen LogP contribution in [0.15, 0.2) is 36.9 Å². The van der Waals surface area contributed by atoms with Gasteiger partial charge in [-0.1, -0.05) is 24.3 Å². The van der Waals surface area contributed by atoms with Crippen molar-refractivity contribution < 1.29 is 13.5 Å². The van der Waals surface area contributed by atoms with E-state index in [0.717, 1.165) is 0 Å². The number of benzene rings is 1. The fourth-order valence-corrected chi connectivity index (χ4v) is 1.52. The smallest absolute Gasteiger partial charge is 0.387 e. The van der Waals surface area contributed by atoms with E-state index in [0.29, 0.717) is 12.1 Å². The Bertz CT molecular complexity index is 358. The molecule has 0 radical (unpaired) electrons. The molecule has 0 saturated carbocycles. The molecule has 17 heavy (non-hydrogen) atoms. The van der Waals surface area contributed by atoms with Crippen molar-refractivity contribution in [2.45, 2.75) is 12.7 Å². The first kappa shape index (κ1) is 13.6. The molecule has 0 amide bonds. The zero-order valence-corrected chi connectivity index (χ0v) is 9.40. The first-order valence-electron chi connectivity index (χ1n) is 5.27. The Labute approximate surface area is 99.3 Å². The van der Waals surface area contributed by atoms with Crippen LogP contribution in [0.1, 0.15) is 11.6 Å². The quantitative estimate of drug-likeness (QED) is 0.719. The summed E-state index contributed by atoms with van der Waals surface area (Å²) >= 11 is 0. The molecule has 0 aliphatic rings. The summed E-state index contributed by atoms with van der Waals surface area (Å²) in [6, 6.07) is 6.38. The Morgan fingerprint density at radius 2 is 2.12 bits per heavy atom. The van der Waals surface area contributed by atoms with E-state index in [9.17, 15) is 8.78 Å². The molecule has 94 valence electrons. The Hall–Kier alpha value is -1.46. The fraction of sp³-hybridized carbons (Fsp3) is 0.333. The second-order valence-corrected chi connectivity index (χ2v) is 3.40. The van der Waals surface area contributed by atoms with E-state index >= 15 is 0 Å². The average molecular weight is 242 g/mol. The maximum Gasteiger partial charge on any atom is 0.387 e. The summed E-state index contributed by atoms with van der Waals surface area (Å²) in [5.41, 5.74) is 6.23. The minimum absolute atomic E-state index is 0.148. The van der Waals surface area contributed by atoms with Gasteiger partial charge in [-0.05, 0) is 6.07 Å². The van der Waals surface area contributed by atoms with Crippen LogP contribution in [0.25, 0.3) is 0 Å². The number of alkyl halides is 2. The van der Waals surface area contributed by atoms with Crippen LogP contribution in [-0.2, 0) is 0 Å². The van der Waals surface area contributed by atoms with E-state index in [1.807, 2.05) is 0 Å². The van der Waals surface area contributed by atoms with E-state index in [1.54, 1.807) is 24.3 Å². The monoisotopic (exact) mass is 242 g/mol. The van der Waals surface area contributed by atoms with E-state index in [4.69, 9.17) is 5.73 Å². The highest BCUT2D eigenvalue weighted by atomic mass is 19.3. The first-order valence-corrected chi connectivity index (χ1v) is 5.27. The zero-order valence-electron chi connectivity index (χ0n) is 9.40. The number of para-hydroxylation sites is 1. The van der Waals surface area contributed by atoms with Crippen molar-refractivity contribution in [2.24, 2.45) is 5.73 Å². The van der Waals surface area contributed by atoms with Crippen molar-refractivity contribution in [3.05, 3.63) is 42.5 Å². The molecule has 1 unspecified atom stereocenters. The molecule has 1 rings (SSSR count). The molecule has 0 aliphatic heterocycles. The lowest BCUT2D eigenvalue weighted by Gasteiger charge is -2.19. The number of ether oxygens (including phenoxy) is 1. The molecule has 0 bridgehead atoms. The predicted molar refractivity (Wildman–Crippen MR) is 63.1 cm³/mol. The maximum atomic E-state index is 12.2. The lowest BCUT2D eigenvalue weighted by Crippen LogP contribution is -2.28. The van der Waals surface area contributed by atoms with Crippen LogP contribution in [0, 0.1) is 0 Å². The molecule has 3 N–H and O–H groups in total. The van der Waals surface area contributed by atoms with Crippen LogP contribution in [0.5, 0.6) is 5.75 Å². The molecule has 0 aromatic heterocycles. The highest BCUT2D eigenvalue weighted by molar-refractivity contribution is 5.36. The summed E-state index contributed by atoms with van der Waals surface area (Å²) in [7, 11) is 0. The number of hydrogen-bond acceptors (Lipinski definition) is 3. The Morgan fingerprint density at radius 3 is 2.71 bits per heavy atom. The SMILES string of the molecule is C=CCNC(CN)c1ccccc1OC(F)F. The summed E-state index contributed by atoms with van der Waals surface area (Å²) in [4.78, 5) is 0. The number of nitrogens with two attached hydrogens (primary N) is 1. The van der Waals surface area contributed by atoms with Gasteiger partial charge in [0.25, 0.3) is 0 Å². The second-order valence-electron chi connectivity index (χ2n) is 3.40. The van der Waals surface area contributed by atoms with E-state index in [-0.39, 0.29) is 18.3 Å². The van der Waals surface area contributed by atoms with Gasteiger partial charge in [0.15, 0.2) is 0 Å². The highest BCUT2D eigenvalue weighted by Crippen LogP contribution is 2.25. The van der Waals surface area contributed by atoms with Crippen molar-refractivity contribution in [1.29, 1.82) is 0 Å². The Kier molecular flexibility index (Phi) is 5.59. The van der Waals surface area contributed by atoms with Gasteiger partial charge in [-0.3, -0.25) is 0 Å². The largest absolute Gasteiger partial charge is 0.434 e. The van der Waals surface area contributed by atoms with Crippen molar-refractivity contribution in [3.63, 3.8) is 0 Å². The third-order valence-corrected chi connectivity index (χ3v) is 2.25. The van der Waals surface area contributed by atoms with Crippen LogP contribution in [0.4, 0.5) is 8.78 Å². The number of hydrogen-bond donors (Lipinski definition) is 2. The maximum absolute atomic E-state index is 12.2. The minimum atomic E-state index is -2.84. The third-order valence-electron chi connectivity index (χ3n) is 2.25. The molecule has 0 saturated heterocycles. The van der Waals surface area contributed by atoms with E-state index in [1.165, 1.54) is 6.07 Å². The second kappa shape index (κ2) is 6.98. The van der Waals surface area contributed by atoms with E-state index in [2.05, 4.69) is 16.6 Å². The fourth-order valence-electron chi connectivity index (χ4n) is 1.52. The summed E-state index contributed by atoms with van der Waals surface area (Å²) in [6.45, 7) is 1.57. The molecule has 3 nitrogen and oxygen atoms in total. The van der Waals surface area contributed by atoms with Crippen molar-refractivity contribution in [3.8, 4) is 5.75 Å². The lowest BCUT2D eigenvalue weighted by molar-refractivity contribution is -0.0506. The molecule has 0 aliphatic carbocycles. The third kappa shape index (κ3) is 4.13. The van der Waals surface area contributed by atoms with Gasteiger partial charge in [-0.15, -0.1) is 6.58 Å². The Morgan fingerprint density at radius 1 is 1.41 bits per heavy atom. The molecule has 0 spiro atoms. The van der Waals surface area contributed by atoms with Gasteiger partial charge in [0.2, 0.25) is 0 Å². The zero-order chi connectivity index (χ0) is 12.7. The van der Waals surface area contributed by atoms with Crippen LogP contribution >= 0.6 is 0 Å². The molecular formula is C12H16F2N2O. The topological polar surface area (TPSA) is 47.3 Å². The van der Waals surface area contributed by atoms with E-state index < -0.39 is 6.61 Å². The first-order chi connectivity index (χ1) is 8.19. The van der Waals surface area contributed by atoms with Crippen LogP contribution in [0.2, 0.25) is 0 Å². The molecule has 1 atom stereocenters. The normalized spacial score (nSPS) is 12.5. The van der Waals surface area contributed by atoms with Gasteiger partial charge in [0.1, 0.15) is 5.75 Å². The van der Waals surface area contributed by atoms with Gasteiger partial charge in [-0.2, -0.15) is 8.78 Å². The van der Waals surface area contributed by atoms with Crippen LogP contribution in [0.3, 0.4) is 0 Å². The standard InChI is InChI=1S/C12H16F2N2O/c1-2-7-16-10(8-15)9-5-3-4-6-11(9)17-12(13)14/h2-6,10,12,16H,1,7-8,15H2. The van der Waals surface area contributed by atoms with Crippen LogP contribution in [-0.4, -0.2) is 19.7 Å². The van der Waals surface area contributed by atoms with Gasteiger partial charge in [-0.25, -0.2) is 0 Å². The molecule has 1 aromatic rings. The van der Waals surface area contributed by atoms with Gasteiger partial charge in [0, 0.05) is 24.7 Å². The molecule has 0 heterocycles. The van der Waals surface area contributed by atoms with Crippen molar-refractivity contribution >= 4 is 0 Å². The van der Waals surface area contributed by atoms with Gasteiger partial charge >= 0.3 is 6.61 Å². The average Bonchev–Trinajstić information content (AvgIpc) is 2.31. The lowest BCUT2D eigenvalue weighted by atomic mass is 10.1. The Balaban J connectivity index is 2.88. The minimum Gasteiger partial charge on any atom is -0.434 e.